The minimum absolute atomic E-state index is 0.0178. The van der Waals surface area contributed by atoms with E-state index in [9.17, 15) is 17.6 Å². The van der Waals surface area contributed by atoms with Crippen molar-refractivity contribution in [2.24, 2.45) is 10.7 Å². The van der Waals surface area contributed by atoms with Crippen LogP contribution in [0.5, 0.6) is 0 Å². The van der Waals surface area contributed by atoms with E-state index in [1.807, 2.05) is 0 Å². The summed E-state index contributed by atoms with van der Waals surface area (Å²) in [5.41, 5.74) is 9.57. The Labute approximate surface area is 128 Å². The first-order chi connectivity index (χ1) is 10.7. The molecule has 2 aromatic rings. The monoisotopic (exact) mass is 325 g/mol. The number of aromatic nitrogens is 1. The Kier molecular flexibility index (Phi) is 3.25. The van der Waals surface area contributed by atoms with Crippen molar-refractivity contribution in [3.8, 4) is 0 Å². The SMILES string of the molecule is Nc1cc2c(cn1)NC=NC2(N)c1ccc(F)c(C(F)(F)F)c1. The maximum atomic E-state index is 13.5. The van der Waals surface area contributed by atoms with Gasteiger partial charge in [-0.05, 0) is 23.8 Å². The number of nitrogens with zero attached hydrogens (tertiary/aromatic N) is 2. The summed E-state index contributed by atoms with van der Waals surface area (Å²) in [4.78, 5) is 7.92. The number of hydrogen-bond donors (Lipinski definition) is 3. The fourth-order valence-electron chi connectivity index (χ4n) is 2.38. The Morgan fingerprint density at radius 1 is 1.17 bits per heavy atom. The molecular weight excluding hydrogens is 314 g/mol. The maximum Gasteiger partial charge on any atom is 0.419 e. The minimum atomic E-state index is -4.84. The number of aliphatic imine (C=N–C) groups is 1. The molecule has 1 aliphatic rings. The topological polar surface area (TPSA) is 89.3 Å². The van der Waals surface area contributed by atoms with Crippen LogP contribution in [0.15, 0.2) is 35.5 Å². The Hall–Kier alpha value is -2.68. The first-order valence-electron chi connectivity index (χ1n) is 6.44. The fraction of sp³-hybridized carbons (Fsp3) is 0.143. The number of nitrogens with one attached hydrogen (secondary N) is 1. The van der Waals surface area contributed by atoms with E-state index >= 15 is 0 Å². The first kappa shape index (κ1) is 15.2. The van der Waals surface area contributed by atoms with E-state index in [0.717, 1.165) is 6.07 Å². The van der Waals surface area contributed by atoms with Gasteiger partial charge in [-0.1, -0.05) is 6.07 Å². The molecule has 0 bridgehead atoms. The number of anilines is 2. The molecule has 5 nitrogen and oxygen atoms in total. The van der Waals surface area contributed by atoms with Crippen LogP contribution in [0.1, 0.15) is 16.7 Å². The van der Waals surface area contributed by atoms with E-state index in [0.29, 0.717) is 23.4 Å². The van der Waals surface area contributed by atoms with E-state index in [1.165, 1.54) is 18.6 Å². The minimum Gasteiger partial charge on any atom is -0.384 e. The second-order valence-electron chi connectivity index (χ2n) is 5.02. The van der Waals surface area contributed by atoms with Crippen LogP contribution in [0.25, 0.3) is 0 Å². The summed E-state index contributed by atoms with van der Waals surface area (Å²) in [6.45, 7) is 0. The molecule has 0 spiro atoms. The molecule has 120 valence electrons. The van der Waals surface area contributed by atoms with Crippen molar-refractivity contribution in [1.82, 2.24) is 4.98 Å². The van der Waals surface area contributed by atoms with Crippen LogP contribution in [0.3, 0.4) is 0 Å². The summed E-state index contributed by atoms with van der Waals surface area (Å²) in [6.07, 6.45) is -2.20. The quantitative estimate of drug-likeness (QED) is 0.703. The lowest BCUT2D eigenvalue weighted by Crippen LogP contribution is -2.40. The highest BCUT2D eigenvalue weighted by atomic mass is 19.4. The van der Waals surface area contributed by atoms with Gasteiger partial charge in [0.2, 0.25) is 0 Å². The van der Waals surface area contributed by atoms with E-state index in [4.69, 9.17) is 11.5 Å². The number of rotatable bonds is 1. The summed E-state index contributed by atoms with van der Waals surface area (Å²) in [5.74, 6) is -1.24. The van der Waals surface area contributed by atoms with Crippen LogP contribution in [-0.2, 0) is 11.8 Å². The van der Waals surface area contributed by atoms with Crippen LogP contribution in [0.4, 0.5) is 29.1 Å². The fourth-order valence-corrected chi connectivity index (χ4v) is 2.38. The van der Waals surface area contributed by atoms with Gasteiger partial charge < -0.3 is 11.1 Å². The third-order valence-corrected chi connectivity index (χ3v) is 3.54. The van der Waals surface area contributed by atoms with Crippen LogP contribution in [0, 0.1) is 5.82 Å². The second kappa shape index (κ2) is 4.92. The Bertz CT molecular complexity index is 802. The first-order valence-corrected chi connectivity index (χ1v) is 6.44. The standard InChI is InChI=1S/C14H11F4N5/c15-10-2-1-7(3-8(10)14(16,17)18)13(20)9-4-12(19)21-5-11(9)22-6-23-13/h1-6H,20H2,(H2,19,21)(H,22,23). The van der Waals surface area contributed by atoms with Crippen LogP contribution in [-0.4, -0.2) is 11.3 Å². The lowest BCUT2D eigenvalue weighted by molar-refractivity contribution is -0.140. The van der Waals surface area contributed by atoms with E-state index in [2.05, 4.69) is 15.3 Å². The Balaban J connectivity index is 2.21. The number of hydrogen-bond acceptors (Lipinski definition) is 5. The van der Waals surface area contributed by atoms with Gasteiger partial charge in [-0.15, -0.1) is 0 Å². The van der Waals surface area contributed by atoms with Gasteiger partial charge in [0.25, 0.3) is 0 Å². The van der Waals surface area contributed by atoms with Crippen LogP contribution >= 0.6 is 0 Å². The Morgan fingerprint density at radius 2 is 1.91 bits per heavy atom. The third-order valence-electron chi connectivity index (χ3n) is 3.54. The third kappa shape index (κ3) is 2.48. The number of nitrogen functional groups attached to an aromatic ring is 1. The number of benzene rings is 1. The molecule has 1 aliphatic heterocycles. The van der Waals surface area contributed by atoms with E-state index < -0.39 is 23.2 Å². The number of fused-ring (bicyclic) bond motifs is 1. The van der Waals surface area contributed by atoms with Crippen molar-refractivity contribution in [2.45, 2.75) is 11.8 Å². The van der Waals surface area contributed by atoms with Gasteiger partial charge in [-0.3, -0.25) is 5.73 Å². The van der Waals surface area contributed by atoms with E-state index in [1.54, 1.807) is 0 Å². The summed E-state index contributed by atoms with van der Waals surface area (Å²) in [5, 5.41) is 2.78. The molecular formula is C14H11F4N5. The van der Waals surface area contributed by atoms with Crippen LogP contribution < -0.4 is 16.8 Å². The zero-order chi connectivity index (χ0) is 16.8. The predicted molar refractivity (Wildman–Crippen MR) is 77.1 cm³/mol. The van der Waals surface area contributed by atoms with Crippen molar-refractivity contribution in [3.05, 3.63) is 53.0 Å². The van der Waals surface area contributed by atoms with Crippen molar-refractivity contribution in [3.63, 3.8) is 0 Å². The predicted octanol–water partition coefficient (Wildman–Crippen LogP) is 2.44. The van der Waals surface area contributed by atoms with Crippen molar-refractivity contribution < 1.29 is 17.6 Å². The lowest BCUT2D eigenvalue weighted by Gasteiger charge is -2.31. The van der Waals surface area contributed by atoms with E-state index in [-0.39, 0.29) is 11.4 Å². The highest BCUT2D eigenvalue weighted by molar-refractivity contribution is 5.82. The van der Waals surface area contributed by atoms with Crippen molar-refractivity contribution in [1.29, 1.82) is 0 Å². The van der Waals surface area contributed by atoms with Crippen molar-refractivity contribution in [2.75, 3.05) is 11.1 Å². The van der Waals surface area contributed by atoms with Gasteiger partial charge in [0.15, 0.2) is 5.66 Å². The molecule has 1 aromatic heterocycles. The highest BCUT2D eigenvalue weighted by Crippen LogP contribution is 2.39. The molecule has 0 aliphatic carbocycles. The highest BCUT2D eigenvalue weighted by Gasteiger charge is 2.39. The molecule has 0 amide bonds. The molecule has 5 N–H and O–H groups in total. The molecule has 2 heterocycles. The molecule has 0 saturated heterocycles. The lowest BCUT2D eigenvalue weighted by atomic mass is 9.89. The second-order valence-corrected chi connectivity index (χ2v) is 5.02. The largest absolute Gasteiger partial charge is 0.419 e. The van der Waals surface area contributed by atoms with Crippen molar-refractivity contribution >= 4 is 17.8 Å². The molecule has 23 heavy (non-hydrogen) atoms. The summed E-state index contributed by atoms with van der Waals surface area (Å²) >= 11 is 0. The maximum absolute atomic E-state index is 13.5. The van der Waals surface area contributed by atoms with Gasteiger partial charge in [-0.25, -0.2) is 14.4 Å². The van der Waals surface area contributed by atoms with Gasteiger partial charge in [0, 0.05) is 5.56 Å². The summed E-state index contributed by atoms with van der Waals surface area (Å²) in [7, 11) is 0. The number of nitrogens with two attached hydrogens (primary N) is 2. The van der Waals surface area contributed by atoms with Crippen LogP contribution in [0.2, 0.25) is 0 Å². The molecule has 0 radical (unpaired) electrons. The van der Waals surface area contributed by atoms with Gasteiger partial charge in [0.1, 0.15) is 11.6 Å². The Morgan fingerprint density at radius 3 is 2.61 bits per heavy atom. The number of alkyl halides is 3. The molecule has 1 unspecified atom stereocenters. The number of pyridine rings is 1. The zero-order valence-corrected chi connectivity index (χ0v) is 11.5. The van der Waals surface area contributed by atoms with Gasteiger partial charge in [-0.2, -0.15) is 13.2 Å². The normalized spacial score (nSPS) is 20.0. The van der Waals surface area contributed by atoms with Gasteiger partial charge >= 0.3 is 6.18 Å². The molecule has 0 fully saturated rings. The average Bonchev–Trinajstić information content (AvgIpc) is 2.47. The molecule has 0 saturated carbocycles. The number of halogens is 4. The molecule has 9 heteroatoms. The molecule has 3 rings (SSSR count). The molecule has 1 aromatic carbocycles. The summed E-state index contributed by atoms with van der Waals surface area (Å²) in [6, 6.07) is 3.94. The zero-order valence-electron chi connectivity index (χ0n) is 11.5. The van der Waals surface area contributed by atoms with Gasteiger partial charge in [0.05, 0.1) is 23.8 Å². The molecule has 1 atom stereocenters. The summed E-state index contributed by atoms with van der Waals surface area (Å²) < 4.78 is 52.2. The smallest absolute Gasteiger partial charge is 0.384 e. The average molecular weight is 325 g/mol.